The molecular weight excluding hydrogens is 206 g/mol. The summed E-state index contributed by atoms with van der Waals surface area (Å²) in [6.45, 7) is 7.57. The van der Waals surface area contributed by atoms with Gasteiger partial charge < -0.3 is 5.32 Å². The van der Waals surface area contributed by atoms with E-state index in [1.54, 1.807) is 5.57 Å². The van der Waals surface area contributed by atoms with Gasteiger partial charge in [-0.3, -0.25) is 0 Å². The van der Waals surface area contributed by atoms with Crippen LogP contribution in [0.5, 0.6) is 0 Å². The van der Waals surface area contributed by atoms with Crippen molar-refractivity contribution in [1.29, 1.82) is 0 Å². The number of likely N-dealkylation sites (N-methyl/N-ethyl adjacent to an activating group) is 1. The van der Waals surface area contributed by atoms with Crippen molar-refractivity contribution in [2.45, 2.75) is 46.1 Å². The van der Waals surface area contributed by atoms with Crippen LogP contribution in [0.1, 0.15) is 48.9 Å². The number of aryl methyl sites for hydroxylation is 2. The number of rotatable bonds is 4. The molecule has 0 fully saturated rings. The van der Waals surface area contributed by atoms with Crippen LogP contribution in [0.3, 0.4) is 0 Å². The van der Waals surface area contributed by atoms with Gasteiger partial charge in [-0.2, -0.15) is 0 Å². The van der Waals surface area contributed by atoms with Gasteiger partial charge in [0.25, 0.3) is 0 Å². The smallest absolute Gasteiger partial charge is 0.0536 e. The molecule has 17 heavy (non-hydrogen) atoms. The average Bonchev–Trinajstić information content (AvgIpc) is 2.77. The van der Waals surface area contributed by atoms with Gasteiger partial charge >= 0.3 is 0 Å². The van der Waals surface area contributed by atoms with E-state index < -0.39 is 0 Å². The zero-order chi connectivity index (χ0) is 12.3. The summed E-state index contributed by atoms with van der Waals surface area (Å²) in [6.07, 6.45) is 6.25. The van der Waals surface area contributed by atoms with Crippen LogP contribution < -0.4 is 5.32 Å². The zero-order valence-corrected chi connectivity index (χ0v) is 11.2. The molecule has 1 N–H and O–H groups in total. The highest BCUT2D eigenvalue weighted by Crippen LogP contribution is 2.31. The molecular formula is C16H23N. The third kappa shape index (κ3) is 2.98. The fourth-order valence-electron chi connectivity index (χ4n) is 2.80. The number of nitrogens with one attached hydrogen (secondary N) is 1. The summed E-state index contributed by atoms with van der Waals surface area (Å²) in [7, 11) is 0. The van der Waals surface area contributed by atoms with Gasteiger partial charge in [0.2, 0.25) is 0 Å². The summed E-state index contributed by atoms with van der Waals surface area (Å²) in [5.41, 5.74) is 5.73. The molecule has 1 aromatic carbocycles. The first-order chi connectivity index (χ1) is 8.20. The molecule has 1 aliphatic carbocycles. The van der Waals surface area contributed by atoms with E-state index in [0.717, 1.165) is 6.54 Å². The Labute approximate surface area is 105 Å². The number of allylic oxidation sites excluding steroid dienone is 1. The third-order valence-electron chi connectivity index (χ3n) is 3.43. The fourth-order valence-corrected chi connectivity index (χ4v) is 2.80. The van der Waals surface area contributed by atoms with Crippen LogP contribution in [0, 0.1) is 13.8 Å². The molecule has 0 bridgehead atoms. The summed E-state index contributed by atoms with van der Waals surface area (Å²) in [5.74, 6) is 0. The van der Waals surface area contributed by atoms with E-state index in [0.29, 0.717) is 6.04 Å². The lowest BCUT2D eigenvalue weighted by Gasteiger charge is -2.21. The Morgan fingerprint density at radius 2 is 1.88 bits per heavy atom. The van der Waals surface area contributed by atoms with Crippen molar-refractivity contribution in [3.05, 3.63) is 46.5 Å². The second-order valence-corrected chi connectivity index (χ2v) is 5.08. The maximum Gasteiger partial charge on any atom is 0.0536 e. The Balaban J connectivity index is 2.31. The topological polar surface area (TPSA) is 12.0 Å². The molecule has 0 aromatic heterocycles. The Bertz CT molecular complexity index is 397. The third-order valence-corrected chi connectivity index (χ3v) is 3.43. The van der Waals surface area contributed by atoms with Crippen LogP contribution in [0.25, 0.3) is 0 Å². The van der Waals surface area contributed by atoms with Gasteiger partial charge in [-0.05, 0) is 45.2 Å². The summed E-state index contributed by atoms with van der Waals surface area (Å²) in [6, 6.07) is 7.32. The molecule has 1 nitrogen and oxygen atoms in total. The first-order valence-corrected chi connectivity index (χ1v) is 6.71. The monoisotopic (exact) mass is 229 g/mol. The molecule has 1 atom stereocenters. The molecule has 92 valence electrons. The summed E-state index contributed by atoms with van der Waals surface area (Å²) >= 11 is 0. The normalized spacial score (nSPS) is 17.0. The van der Waals surface area contributed by atoms with Gasteiger partial charge in [0.1, 0.15) is 0 Å². The molecule has 0 spiro atoms. The minimum Gasteiger partial charge on any atom is -0.307 e. The van der Waals surface area contributed by atoms with E-state index in [-0.39, 0.29) is 0 Å². The molecule has 2 rings (SSSR count). The first-order valence-electron chi connectivity index (χ1n) is 6.71. The minimum atomic E-state index is 0.432. The zero-order valence-electron chi connectivity index (χ0n) is 11.2. The Morgan fingerprint density at radius 1 is 1.18 bits per heavy atom. The van der Waals surface area contributed by atoms with E-state index in [1.165, 1.54) is 36.0 Å². The molecule has 0 aliphatic heterocycles. The van der Waals surface area contributed by atoms with Gasteiger partial charge in [-0.25, -0.2) is 0 Å². The van der Waals surface area contributed by atoms with Crippen LogP contribution >= 0.6 is 0 Å². The number of benzene rings is 1. The lowest BCUT2D eigenvalue weighted by atomic mass is 9.95. The largest absolute Gasteiger partial charge is 0.307 e. The molecule has 1 aliphatic rings. The fraction of sp³-hybridized carbons (Fsp3) is 0.500. The molecule has 0 saturated heterocycles. The number of hydrogen-bond acceptors (Lipinski definition) is 1. The number of hydrogen-bond donors (Lipinski definition) is 1. The highest BCUT2D eigenvalue weighted by atomic mass is 14.9. The SMILES string of the molecule is CCNC(C1=CCCC1)c1cc(C)cc(C)c1. The highest BCUT2D eigenvalue weighted by molar-refractivity contribution is 5.35. The Kier molecular flexibility index (Phi) is 4.01. The van der Waals surface area contributed by atoms with E-state index >= 15 is 0 Å². The average molecular weight is 229 g/mol. The lowest BCUT2D eigenvalue weighted by Crippen LogP contribution is -2.22. The summed E-state index contributed by atoms with van der Waals surface area (Å²) in [4.78, 5) is 0. The van der Waals surface area contributed by atoms with Crippen molar-refractivity contribution in [1.82, 2.24) is 5.32 Å². The van der Waals surface area contributed by atoms with Crippen molar-refractivity contribution in [3.63, 3.8) is 0 Å². The van der Waals surface area contributed by atoms with Crippen molar-refractivity contribution < 1.29 is 0 Å². The highest BCUT2D eigenvalue weighted by Gasteiger charge is 2.18. The first kappa shape index (κ1) is 12.4. The summed E-state index contributed by atoms with van der Waals surface area (Å²) in [5, 5.41) is 3.63. The molecule has 0 saturated carbocycles. The van der Waals surface area contributed by atoms with Crippen molar-refractivity contribution >= 4 is 0 Å². The predicted octanol–water partition coefficient (Wildman–Crippen LogP) is 4.06. The Morgan fingerprint density at radius 3 is 2.41 bits per heavy atom. The van der Waals surface area contributed by atoms with Gasteiger partial charge in [-0.15, -0.1) is 0 Å². The standard InChI is InChI=1S/C16H23N/c1-4-17-16(14-7-5-6-8-14)15-10-12(2)9-13(3)11-15/h7,9-11,16-17H,4-6,8H2,1-3H3. The van der Waals surface area contributed by atoms with E-state index in [2.05, 4.69) is 50.4 Å². The van der Waals surface area contributed by atoms with E-state index in [9.17, 15) is 0 Å². The Hall–Kier alpha value is -1.08. The van der Waals surface area contributed by atoms with Gasteiger partial charge in [0.15, 0.2) is 0 Å². The van der Waals surface area contributed by atoms with Gasteiger partial charge in [-0.1, -0.05) is 47.9 Å². The molecule has 1 aromatic rings. The molecule has 0 radical (unpaired) electrons. The maximum absolute atomic E-state index is 3.63. The molecule has 0 amide bonds. The minimum absolute atomic E-state index is 0.432. The maximum atomic E-state index is 3.63. The van der Waals surface area contributed by atoms with Gasteiger partial charge in [0.05, 0.1) is 6.04 Å². The second-order valence-electron chi connectivity index (χ2n) is 5.08. The van der Waals surface area contributed by atoms with Crippen LogP contribution in [-0.4, -0.2) is 6.54 Å². The molecule has 1 heteroatoms. The van der Waals surface area contributed by atoms with Crippen LogP contribution in [0.4, 0.5) is 0 Å². The summed E-state index contributed by atoms with van der Waals surface area (Å²) < 4.78 is 0. The second kappa shape index (κ2) is 5.50. The van der Waals surface area contributed by atoms with Crippen LogP contribution in [0.2, 0.25) is 0 Å². The van der Waals surface area contributed by atoms with Crippen molar-refractivity contribution in [3.8, 4) is 0 Å². The van der Waals surface area contributed by atoms with E-state index in [1.807, 2.05) is 0 Å². The van der Waals surface area contributed by atoms with Gasteiger partial charge in [0, 0.05) is 0 Å². The molecule has 0 heterocycles. The predicted molar refractivity (Wildman–Crippen MR) is 74.3 cm³/mol. The molecule has 1 unspecified atom stereocenters. The van der Waals surface area contributed by atoms with Crippen LogP contribution in [-0.2, 0) is 0 Å². The van der Waals surface area contributed by atoms with E-state index in [4.69, 9.17) is 0 Å². The lowest BCUT2D eigenvalue weighted by molar-refractivity contribution is 0.605. The van der Waals surface area contributed by atoms with Crippen molar-refractivity contribution in [2.24, 2.45) is 0 Å². The van der Waals surface area contributed by atoms with Crippen molar-refractivity contribution in [2.75, 3.05) is 6.54 Å². The quantitative estimate of drug-likeness (QED) is 0.768. The van der Waals surface area contributed by atoms with Crippen LogP contribution in [0.15, 0.2) is 29.8 Å².